The van der Waals surface area contributed by atoms with E-state index in [0.29, 0.717) is 11.5 Å². The molecule has 1 aliphatic carbocycles. The zero-order chi connectivity index (χ0) is 9.60. The largest absolute Gasteiger partial charge is 0.380 e. The van der Waals surface area contributed by atoms with Crippen LogP contribution in [0.4, 0.5) is 0 Å². The van der Waals surface area contributed by atoms with Gasteiger partial charge in [-0.1, -0.05) is 23.8 Å². The van der Waals surface area contributed by atoms with Crippen LogP contribution >= 0.6 is 0 Å². The molecule has 0 saturated carbocycles. The van der Waals surface area contributed by atoms with E-state index in [-0.39, 0.29) is 0 Å². The molecule has 0 N–H and O–H groups in total. The number of likely N-dealkylation sites (tertiary alicyclic amines) is 1. The smallest absolute Gasteiger partial charge is 0.0569 e. The summed E-state index contributed by atoms with van der Waals surface area (Å²) < 4.78 is 5.27. The van der Waals surface area contributed by atoms with Crippen molar-refractivity contribution in [1.82, 2.24) is 4.90 Å². The quantitative estimate of drug-likeness (QED) is 0.620. The number of hydrogen-bond acceptors (Lipinski definition) is 2. The van der Waals surface area contributed by atoms with Gasteiger partial charge >= 0.3 is 0 Å². The lowest BCUT2D eigenvalue weighted by molar-refractivity contribution is -0.192. The summed E-state index contributed by atoms with van der Waals surface area (Å²) in [5, 5.41) is 0. The highest BCUT2D eigenvalue weighted by Gasteiger charge is 2.50. The van der Waals surface area contributed by atoms with Crippen molar-refractivity contribution in [3.8, 4) is 0 Å². The first-order valence-electron chi connectivity index (χ1n) is 5.29. The van der Waals surface area contributed by atoms with Gasteiger partial charge in [0.2, 0.25) is 0 Å². The first kappa shape index (κ1) is 8.69. The van der Waals surface area contributed by atoms with Gasteiger partial charge in [-0.2, -0.15) is 0 Å². The van der Waals surface area contributed by atoms with E-state index in [1.54, 1.807) is 0 Å². The normalized spacial score (nSPS) is 34.9. The molecule has 2 nitrogen and oxygen atoms in total. The molecule has 3 aliphatic rings. The number of ether oxygens (including phenoxy) is 1. The predicted molar refractivity (Wildman–Crippen MR) is 55.8 cm³/mol. The Kier molecular flexibility index (Phi) is 1.83. The van der Waals surface area contributed by atoms with Gasteiger partial charge in [0.1, 0.15) is 0 Å². The molecule has 2 heterocycles. The highest BCUT2D eigenvalue weighted by atomic mass is 16.5. The summed E-state index contributed by atoms with van der Waals surface area (Å²) in [7, 11) is 0. The summed E-state index contributed by atoms with van der Waals surface area (Å²) in [6.07, 6.45) is 9.02. The molecule has 14 heavy (non-hydrogen) atoms. The van der Waals surface area contributed by atoms with Crippen LogP contribution in [0.1, 0.15) is 6.92 Å². The van der Waals surface area contributed by atoms with E-state index in [9.17, 15) is 0 Å². The van der Waals surface area contributed by atoms with Crippen LogP contribution in [0.15, 0.2) is 23.8 Å². The summed E-state index contributed by atoms with van der Waals surface area (Å²) in [4.78, 5) is 2.52. The van der Waals surface area contributed by atoms with Gasteiger partial charge in [-0.3, -0.25) is 4.90 Å². The fraction of sp³-hybridized carbons (Fsp3) is 0.583. The Labute approximate surface area is 85.2 Å². The second kappa shape index (κ2) is 2.94. The molecule has 2 saturated heterocycles. The molecule has 3 rings (SSSR count). The average molecular weight is 190 g/mol. The number of rotatable bonds is 1. The van der Waals surface area contributed by atoms with Crippen LogP contribution in [-0.2, 0) is 4.74 Å². The van der Waals surface area contributed by atoms with Gasteiger partial charge in [-0.05, 0) is 6.92 Å². The molecule has 2 heteroatoms. The Morgan fingerprint density at radius 1 is 1.43 bits per heavy atom. The van der Waals surface area contributed by atoms with E-state index in [4.69, 9.17) is 4.74 Å². The molecule has 0 aromatic heterocycles. The predicted octanol–water partition coefficient (Wildman–Crippen LogP) is 1.41. The maximum Gasteiger partial charge on any atom is 0.0569 e. The first-order chi connectivity index (χ1) is 6.77. The molecule has 75 valence electrons. The molecule has 0 amide bonds. The maximum atomic E-state index is 5.27. The molecule has 2 aliphatic heterocycles. The van der Waals surface area contributed by atoms with Crippen molar-refractivity contribution in [2.75, 3.05) is 26.3 Å². The Hall–Kier alpha value is -0.600. The SMILES string of the molecule is CC1=C[CH]C(N2CC3(COC3)C2)C=C1. The van der Waals surface area contributed by atoms with Gasteiger partial charge in [-0.25, -0.2) is 0 Å². The fourth-order valence-corrected chi connectivity index (χ4v) is 2.46. The lowest BCUT2D eigenvalue weighted by Gasteiger charge is -2.57. The molecule has 1 atom stereocenters. The highest BCUT2D eigenvalue weighted by Crippen LogP contribution is 2.39. The summed E-state index contributed by atoms with van der Waals surface area (Å²) in [6, 6.07) is 0.532. The molecule has 1 spiro atoms. The van der Waals surface area contributed by atoms with Crippen LogP contribution in [-0.4, -0.2) is 37.2 Å². The Morgan fingerprint density at radius 3 is 2.71 bits per heavy atom. The molecular formula is C12H16NO. The zero-order valence-corrected chi connectivity index (χ0v) is 8.57. The van der Waals surface area contributed by atoms with E-state index in [2.05, 4.69) is 36.5 Å². The minimum absolute atomic E-state index is 0.532. The molecular weight excluding hydrogens is 174 g/mol. The van der Waals surface area contributed by atoms with Crippen LogP contribution in [0.5, 0.6) is 0 Å². The van der Waals surface area contributed by atoms with Crippen LogP contribution in [0, 0.1) is 11.8 Å². The Balaban J connectivity index is 1.57. The van der Waals surface area contributed by atoms with Crippen LogP contribution in [0.2, 0.25) is 0 Å². The van der Waals surface area contributed by atoms with Gasteiger partial charge in [-0.15, -0.1) is 0 Å². The van der Waals surface area contributed by atoms with Crippen LogP contribution in [0.25, 0.3) is 0 Å². The number of allylic oxidation sites excluding steroid dienone is 2. The summed E-state index contributed by atoms with van der Waals surface area (Å²) in [6.45, 7) is 6.53. The Bertz CT molecular complexity index is 293. The van der Waals surface area contributed by atoms with Gasteiger partial charge < -0.3 is 4.74 Å². The first-order valence-corrected chi connectivity index (χ1v) is 5.29. The minimum Gasteiger partial charge on any atom is -0.380 e. The summed E-state index contributed by atoms with van der Waals surface area (Å²) in [5.41, 5.74) is 1.89. The van der Waals surface area contributed by atoms with E-state index < -0.39 is 0 Å². The van der Waals surface area contributed by atoms with Gasteiger partial charge in [0.25, 0.3) is 0 Å². The van der Waals surface area contributed by atoms with Crippen molar-refractivity contribution in [1.29, 1.82) is 0 Å². The minimum atomic E-state index is 0.532. The standard InChI is InChI=1S/C12H16NO/c1-10-2-4-11(5-3-10)13-6-12(7-13)8-14-9-12/h2-5,11H,6-9H2,1H3. The second-order valence-corrected chi connectivity index (χ2v) is 4.85. The molecule has 0 bridgehead atoms. The van der Waals surface area contributed by atoms with E-state index in [0.717, 1.165) is 13.2 Å². The highest BCUT2D eigenvalue weighted by molar-refractivity contribution is 5.30. The topological polar surface area (TPSA) is 12.5 Å². The van der Waals surface area contributed by atoms with E-state index in [1.807, 2.05) is 0 Å². The van der Waals surface area contributed by atoms with Crippen molar-refractivity contribution in [3.05, 3.63) is 30.2 Å². The third-order valence-corrected chi connectivity index (χ3v) is 3.43. The van der Waals surface area contributed by atoms with Crippen molar-refractivity contribution in [2.24, 2.45) is 5.41 Å². The van der Waals surface area contributed by atoms with Gasteiger partial charge in [0.05, 0.1) is 13.2 Å². The lowest BCUT2D eigenvalue weighted by atomic mass is 9.76. The maximum absolute atomic E-state index is 5.27. The van der Waals surface area contributed by atoms with Crippen molar-refractivity contribution in [2.45, 2.75) is 13.0 Å². The van der Waals surface area contributed by atoms with Crippen molar-refractivity contribution in [3.63, 3.8) is 0 Å². The summed E-state index contributed by atoms with van der Waals surface area (Å²) in [5.74, 6) is 0. The van der Waals surface area contributed by atoms with E-state index >= 15 is 0 Å². The zero-order valence-electron chi connectivity index (χ0n) is 8.57. The van der Waals surface area contributed by atoms with Crippen molar-refractivity contribution < 1.29 is 4.74 Å². The molecule has 2 fully saturated rings. The molecule has 0 aromatic rings. The van der Waals surface area contributed by atoms with Gasteiger partial charge in [0, 0.05) is 31.0 Å². The second-order valence-electron chi connectivity index (χ2n) is 4.85. The monoisotopic (exact) mass is 190 g/mol. The number of nitrogens with zero attached hydrogens (tertiary/aromatic N) is 1. The Morgan fingerprint density at radius 2 is 2.21 bits per heavy atom. The third kappa shape index (κ3) is 1.25. The average Bonchev–Trinajstić information content (AvgIpc) is 2.03. The fourth-order valence-electron chi connectivity index (χ4n) is 2.46. The molecule has 1 radical (unpaired) electrons. The summed E-state index contributed by atoms with van der Waals surface area (Å²) >= 11 is 0. The molecule has 0 aromatic carbocycles. The van der Waals surface area contributed by atoms with Crippen LogP contribution in [0.3, 0.4) is 0 Å². The van der Waals surface area contributed by atoms with Crippen molar-refractivity contribution >= 4 is 0 Å². The van der Waals surface area contributed by atoms with E-state index in [1.165, 1.54) is 18.7 Å². The van der Waals surface area contributed by atoms with Crippen LogP contribution < -0.4 is 0 Å². The van der Waals surface area contributed by atoms with Gasteiger partial charge in [0.15, 0.2) is 0 Å². The lowest BCUT2D eigenvalue weighted by Crippen LogP contribution is -2.67. The number of hydrogen-bond donors (Lipinski definition) is 0. The molecule has 1 unspecified atom stereocenters. The third-order valence-electron chi connectivity index (χ3n) is 3.43.